The average molecular weight is 613 g/mol. The van der Waals surface area contributed by atoms with Crippen LogP contribution in [0.1, 0.15) is 58.0 Å². The minimum absolute atomic E-state index is 0.120. The van der Waals surface area contributed by atoms with Crippen molar-refractivity contribution >= 4 is 29.2 Å². The van der Waals surface area contributed by atoms with Gasteiger partial charge in [0.05, 0.1) is 35.9 Å². The number of rotatable bonds is 9. The zero-order valence-corrected chi connectivity index (χ0v) is 25.7. The van der Waals surface area contributed by atoms with Gasteiger partial charge in [-0.25, -0.2) is 9.78 Å². The van der Waals surface area contributed by atoms with Crippen molar-refractivity contribution in [2.45, 2.75) is 71.3 Å². The van der Waals surface area contributed by atoms with Crippen LogP contribution in [0.4, 0.5) is 18.0 Å². The van der Waals surface area contributed by atoms with Crippen LogP contribution in [0.5, 0.6) is 0 Å². The minimum atomic E-state index is -4.40. The Labute approximate surface area is 248 Å². The SMILES string of the molecule is CN(C(=O)OC(C)(C)C)C(C)(C)COCC(=O)N1CCC[C@H](C(=O)NCc2nc(-c3ccc(C(F)(F)F)cc3)cs2)C1. The summed E-state index contributed by atoms with van der Waals surface area (Å²) >= 11 is 1.30. The van der Waals surface area contributed by atoms with Gasteiger partial charge in [-0.3, -0.25) is 9.59 Å². The Hall–Kier alpha value is -3.19. The van der Waals surface area contributed by atoms with E-state index in [2.05, 4.69) is 10.3 Å². The number of halogens is 3. The van der Waals surface area contributed by atoms with Gasteiger partial charge >= 0.3 is 12.3 Å². The molecule has 0 aliphatic carbocycles. The third kappa shape index (κ3) is 9.41. The molecule has 9 nitrogen and oxygen atoms in total. The molecule has 1 N–H and O–H groups in total. The molecule has 42 heavy (non-hydrogen) atoms. The maximum atomic E-state index is 12.9. The van der Waals surface area contributed by atoms with Crippen molar-refractivity contribution in [3.05, 3.63) is 40.2 Å². The van der Waals surface area contributed by atoms with Crippen LogP contribution in [-0.4, -0.2) is 77.2 Å². The number of likely N-dealkylation sites (N-methyl/N-ethyl adjacent to an activating group) is 1. The van der Waals surface area contributed by atoms with Gasteiger partial charge in [0.15, 0.2) is 0 Å². The highest BCUT2D eigenvalue weighted by Crippen LogP contribution is 2.31. The normalized spacial score (nSPS) is 16.2. The largest absolute Gasteiger partial charge is 0.444 e. The second-order valence-electron chi connectivity index (χ2n) is 11.9. The number of benzene rings is 1. The number of amides is 3. The molecule has 1 fully saturated rings. The fraction of sp³-hybridized carbons (Fsp3) is 0.586. The summed E-state index contributed by atoms with van der Waals surface area (Å²) in [6, 6.07) is 4.77. The first kappa shape index (κ1) is 33.3. The van der Waals surface area contributed by atoms with Gasteiger partial charge in [0.25, 0.3) is 0 Å². The summed E-state index contributed by atoms with van der Waals surface area (Å²) in [5, 5.41) is 5.22. The van der Waals surface area contributed by atoms with Crippen LogP contribution >= 0.6 is 11.3 Å². The number of hydrogen-bond donors (Lipinski definition) is 1. The van der Waals surface area contributed by atoms with Gasteiger partial charge in [-0.1, -0.05) is 12.1 Å². The molecule has 1 aliphatic rings. The molecule has 0 unspecified atom stereocenters. The quantitative estimate of drug-likeness (QED) is 0.410. The molecule has 1 aromatic heterocycles. The zero-order chi connectivity index (χ0) is 31.3. The molecule has 1 aromatic carbocycles. The predicted octanol–water partition coefficient (Wildman–Crippen LogP) is 5.35. The first-order valence-electron chi connectivity index (χ1n) is 13.7. The highest BCUT2D eigenvalue weighted by atomic mass is 32.1. The molecule has 2 aromatic rings. The van der Waals surface area contributed by atoms with Crippen molar-refractivity contribution in [3.8, 4) is 11.3 Å². The van der Waals surface area contributed by atoms with Gasteiger partial charge in [-0.05, 0) is 59.6 Å². The number of alkyl halides is 3. The zero-order valence-electron chi connectivity index (χ0n) is 24.8. The lowest BCUT2D eigenvalue weighted by Gasteiger charge is -2.36. The molecule has 0 saturated carbocycles. The van der Waals surface area contributed by atoms with Crippen LogP contribution in [0.15, 0.2) is 29.6 Å². The summed E-state index contributed by atoms with van der Waals surface area (Å²) in [4.78, 5) is 45.6. The van der Waals surface area contributed by atoms with Crippen LogP contribution in [0, 0.1) is 5.92 Å². The van der Waals surface area contributed by atoms with Crippen LogP contribution in [-0.2, 0) is 31.8 Å². The molecule has 2 heterocycles. The monoisotopic (exact) mass is 612 g/mol. The van der Waals surface area contributed by atoms with Gasteiger partial charge in [-0.2, -0.15) is 13.2 Å². The number of piperidine rings is 1. The Bertz CT molecular complexity index is 1240. The molecule has 0 spiro atoms. The number of nitrogens with zero attached hydrogens (tertiary/aromatic N) is 3. The summed E-state index contributed by atoms with van der Waals surface area (Å²) in [5.41, 5.74) is -0.980. The van der Waals surface area contributed by atoms with Crippen molar-refractivity contribution in [3.63, 3.8) is 0 Å². The first-order chi connectivity index (χ1) is 19.5. The van der Waals surface area contributed by atoms with E-state index in [0.717, 1.165) is 12.1 Å². The van der Waals surface area contributed by atoms with Crippen LogP contribution < -0.4 is 5.32 Å². The maximum absolute atomic E-state index is 12.9. The van der Waals surface area contributed by atoms with Crippen molar-refractivity contribution in [2.75, 3.05) is 33.4 Å². The molecular formula is C29H39F3N4O5S. The molecule has 1 atom stereocenters. The second kappa shape index (κ2) is 13.4. The molecule has 3 rings (SSSR count). The van der Waals surface area contributed by atoms with Gasteiger partial charge in [-0.15, -0.1) is 11.3 Å². The van der Waals surface area contributed by atoms with E-state index in [1.54, 1.807) is 38.1 Å². The van der Waals surface area contributed by atoms with E-state index in [-0.39, 0.29) is 44.0 Å². The Kier molecular flexibility index (Phi) is 10.6. The third-order valence-electron chi connectivity index (χ3n) is 6.87. The molecule has 1 aliphatic heterocycles. The number of likely N-dealkylation sites (tertiary alicyclic amines) is 1. The van der Waals surface area contributed by atoms with E-state index in [1.165, 1.54) is 28.4 Å². The molecular weight excluding hydrogens is 573 g/mol. The number of aromatic nitrogens is 1. The van der Waals surface area contributed by atoms with E-state index in [1.807, 2.05) is 13.8 Å². The fourth-order valence-electron chi connectivity index (χ4n) is 4.23. The fourth-order valence-corrected chi connectivity index (χ4v) is 4.98. The number of thiazole rings is 1. The summed E-state index contributed by atoms with van der Waals surface area (Å²) in [6.45, 7) is 9.91. The Morgan fingerprint density at radius 2 is 1.79 bits per heavy atom. The lowest BCUT2D eigenvalue weighted by molar-refractivity contribution is -0.141. The van der Waals surface area contributed by atoms with E-state index in [0.29, 0.717) is 35.7 Å². The second-order valence-corrected chi connectivity index (χ2v) is 12.9. The van der Waals surface area contributed by atoms with Crippen molar-refractivity contribution in [2.24, 2.45) is 5.92 Å². The van der Waals surface area contributed by atoms with Crippen molar-refractivity contribution in [1.82, 2.24) is 20.1 Å². The van der Waals surface area contributed by atoms with Gasteiger partial charge in [0.1, 0.15) is 17.2 Å². The average Bonchev–Trinajstić information content (AvgIpc) is 3.39. The molecule has 3 amide bonds. The predicted molar refractivity (Wildman–Crippen MR) is 153 cm³/mol. The number of carbonyl (C=O) groups is 3. The summed E-state index contributed by atoms with van der Waals surface area (Å²) in [5.74, 6) is -0.809. The lowest BCUT2D eigenvalue weighted by atomic mass is 9.97. The third-order valence-corrected chi connectivity index (χ3v) is 7.72. The maximum Gasteiger partial charge on any atom is 0.416 e. The summed E-state index contributed by atoms with van der Waals surface area (Å²) in [7, 11) is 1.62. The van der Waals surface area contributed by atoms with Crippen LogP contribution in [0.3, 0.4) is 0 Å². The van der Waals surface area contributed by atoms with E-state index in [9.17, 15) is 27.6 Å². The molecule has 0 bridgehead atoms. The summed E-state index contributed by atoms with van der Waals surface area (Å²) in [6.07, 6.45) is -3.58. The van der Waals surface area contributed by atoms with E-state index >= 15 is 0 Å². The minimum Gasteiger partial charge on any atom is -0.444 e. The van der Waals surface area contributed by atoms with Crippen molar-refractivity contribution in [1.29, 1.82) is 0 Å². The topological polar surface area (TPSA) is 101 Å². The Balaban J connectivity index is 1.45. The molecule has 1 saturated heterocycles. The highest BCUT2D eigenvalue weighted by Gasteiger charge is 2.33. The van der Waals surface area contributed by atoms with Crippen LogP contribution in [0.25, 0.3) is 11.3 Å². The number of nitrogens with one attached hydrogen (secondary N) is 1. The standard InChI is InChI=1S/C29H39F3N4O5S/c1-27(2,3)41-26(39)35(6)28(4,5)18-40-16-24(37)36-13-7-8-20(15-36)25(38)33-14-23-34-22(17-42-23)19-9-11-21(12-10-19)29(30,31)32/h9-12,17,20H,7-8,13-16,18H2,1-6H3,(H,33,38)/t20-/m0/s1. The summed E-state index contributed by atoms with van der Waals surface area (Å²) < 4.78 is 49.5. The first-order valence-corrected chi connectivity index (χ1v) is 14.6. The number of hydrogen-bond acceptors (Lipinski definition) is 7. The number of carbonyl (C=O) groups excluding carboxylic acids is 3. The highest BCUT2D eigenvalue weighted by molar-refractivity contribution is 7.09. The molecule has 232 valence electrons. The Morgan fingerprint density at radius 1 is 1.12 bits per heavy atom. The molecule has 0 radical (unpaired) electrons. The smallest absolute Gasteiger partial charge is 0.416 e. The van der Waals surface area contributed by atoms with Crippen LogP contribution in [0.2, 0.25) is 0 Å². The van der Waals surface area contributed by atoms with Gasteiger partial charge < -0.3 is 24.6 Å². The van der Waals surface area contributed by atoms with Gasteiger partial charge in [0.2, 0.25) is 11.8 Å². The molecule has 13 heteroatoms. The van der Waals surface area contributed by atoms with Gasteiger partial charge in [0, 0.05) is 31.1 Å². The lowest BCUT2D eigenvalue weighted by Crippen LogP contribution is -2.51. The van der Waals surface area contributed by atoms with E-state index < -0.39 is 29.0 Å². The Morgan fingerprint density at radius 3 is 2.40 bits per heavy atom. The van der Waals surface area contributed by atoms with E-state index in [4.69, 9.17) is 9.47 Å². The van der Waals surface area contributed by atoms with Crippen molar-refractivity contribution < 1.29 is 37.0 Å². The number of ether oxygens (including phenoxy) is 2.